The molecule has 1 aliphatic heterocycles. The number of rotatable bonds is 4. The Bertz CT molecular complexity index is 577. The van der Waals surface area contributed by atoms with Crippen LogP contribution in [0.5, 0.6) is 0 Å². The third-order valence-electron chi connectivity index (χ3n) is 3.51. The Hall–Kier alpha value is -2.17. The van der Waals surface area contributed by atoms with Gasteiger partial charge < -0.3 is 5.11 Å². The van der Waals surface area contributed by atoms with Crippen LogP contribution in [-0.2, 0) is 27.3 Å². The van der Waals surface area contributed by atoms with Gasteiger partial charge in [0.2, 0.25) is 11.8 Å². The minimum atomic E-state index is -0.933. The van der Waals surface area contributed by atoms with Gasteiger partial charge in [-0.25, -0.2) is 0 Å². The van der Waals surface area contributed by atoms with E-state index in [1.54, 1.807) is 38.1 Å². The minimum Gasteiger partial charge on any atom is -0.481 e. The fourth-order valence-electron chi connectivity index (χ4n) is 2.41. The van der Waals surface area contributed by atoms with Gasteiger partial charge in [-0.15, -0.1) is 0 Å². The number of aliphatic carboxylic acids is 1. The number of amides is 2. The van der Waals surface area contributed by atoms with Crippen LogP contribution in [0.15, 0.2) is 24.3 Å². The predicted molar refractivity (Wildman–Crippen MR) is 71.7 cm³/mol. The summed E-state index contributed by atoms with van der Waals surface area (Å²) < 4.78 is 0. The molecule has 0 saturated carbocycles. The summed E-state index contributed by atoms with van der Waals surface area (Å²) in [4.78, 5) is 36.2. The van der Waals surface area contributed by atoms with Crippen LogP contribution in [0.4, 0.5) is 0 Å². The highest BCUT2D eigenvalue weighted by Crippen LogP contribution is 2.32. The third kappa shape index (κ3) is 2.71. The van der Waals surface area contributed by atoms with Crippen molar-refractivity contribution in [2.75, 3.05) is 0 Å². The number of carbonyl (C=O) groups excluding carboxylic acids is 2. The number of likely N-dealkylation sites (tertiary alicyclic amines) is 1. The maximum Gasteiger partial charge on any atom is 0.307 e. The van der Waals surface area contributed by atoms with Crippen molar-refractivity contribution in [3.63, 3.8) is 0 Å². The smallest absolute Gasteiger partial charge is 0.307 e. The maximum atomic E-state index is 12.2. The summed E-state index contributed by atoms with van der Waals surface area (Å²) in [6.45, 7) is 3.64. The second-order valence-corrected chi connectivity index (χ2v) is 5.68. The third-order valence-corrected chi connectivity index (χ3v) is 3.51. The molecule has 0 aromatic heterocycles. The molecule has 1 aromatic rings. The fourth-order valence-corrected chi connectivity index (χ4v) is 2.41. The molecule has 20 heavy (non-hydrogen) atoms. The minimum absolute atomic E-state index is 0.115. The molecule has 1 fully saturated rings. The number of hydrogen-bond donors (Lipinski definition) is 1. The van der Waals surface area contributed by atoms with Gasteiger partial charge in [-0.05, 0) is 11.1 Å². The van der Waals surface area contributed by atoms with Crippen LogP contribution >= 0.6 is 0 Å². The molecule has 1 saturated heterocycles. The first-order valence-electron chi connectivity index (χ1n) is 6.44. The monoisotopic (exact) mass is 275 g/mol. The molecule has 1 aliphatic rings. The SMILES string of the molecule is CC1(C)CC(=O)N(Cc2ccccc2CC(=O)O)C1=O. The van der Waals surface area contributed by atoms with E-state index in [4.69, 9.17) is 5.11 Å². The first-order chi connectivity index (χ1) is 9.31. The molecule has 1 aromatic carbocycles. The molecule has 0 atom stereocenters. The largest absolute Gasteiger partial charge is 0.481 e. The van der Waals surface area contributed by atoms with Gasteiger partial charge >= 0.3 is 5.97 Å². The molecule has 0 bridgehead atoms. The highest BCUT2D eigenvalue weighted by molar-refractivity contribution is 6.05. The average molecular weight is 275 g/mol. The van der Waals surface area contributed by atoms with E-state index in [0.29, 0.717) is 11.1 Å². The number of imide groups is 1. The molecule has 5 heteroatoms. The van der Waals surface area contributed by atoms with Gasteiger partial charge in [0, 0.05) is 6.42 Å². The first-order valence-corrected chi connectivity index (χ1v) is 6.44. The molecule has 1 heterocycles. The van der Waals surface area contributed by atoms with Crippen molar-refractivity contribution >= 4 is 17.8 Å². The molecular weight excluding hydrogens is 258 g/mol. The van der Waals surface area contributed by atoms with E-state index >= 15 is 0 Å². The van der Waals surface area contributed by atoms with Crippen LogP contribution in [-0.4, -0.2) is 27.8 Å². The van der Waals surface area contributed by atoms with E-state index in [0.717, 1.165) is 0 Å². The van der Waals surface area contributed by atoms with Gasteiger partial charge in [0.1, 0.15) is 0 Å². The summed E-state index contributed by atoms with van der Waals surface area (Å²) in [5.74, 6) is -1.34. The molecule has 0 unspecified atom stereocenters. The van der Waals surface area contributed by atoms with Crippen LogP contribution in [0.1, 0.15) is 31.4 Å². The van der Waals surface area contributed by atoms with Crippen LogP contribution in [0.2, 0.25) is 0 Å². The normalized spacial score (nSPS) is 17.6. The summed E-state index contributed by atoms with van der Waals surface area (Å²) in [6, 6.07) is 6.99. The number of benzene rings is 1. The van der Waals surface area contributed by atoms with Gasteiger partial charge in [0.25, 0.3) is 0 Å². The molecule has 0 aliphatic carbocycles. The molecule has 0 spiro atoms. The van der Waals surface area contributed by atoms with Gasteiger partial charge in [-0.1, -0.05) is 38.1 Å². The second-order valence-electron chi connectivity index (χ2n) is 5.68. The van der Waals surface area contributed by atoms with Crippen molar-refractivity contribution in [1.82, 2.24) is 4.90 Å². The number of hydrogen-bond acceptors (Lipinski definition) is 3. The summed E-state index contributed by atoms with van der Waals surface area (Å²) in [6.07, 6.45) is 0.0860. The zero-order valence-electron chi connectivity index (χ0n) is 11.5. The van der Waals surface area contributed by atoms with Crippen LogP contribution in [0, 0.1) is 5.41 Å². The van der Waals surface area contributed by atoms with E-state index in [1.165, 1.54) is 4.90 Å². The topological polar surface area (TPSA) is 74.7 Å². The number of nitrogens with zero attached hydrogens (tertiary/aromatic N) is 1. The number of carboxylic acid groups (broad SMARTS) is 1. The predicted octanol–water partition coefficient (Wildman–Crippen LogP) is 1.60. The lowest BCUT2D eigenvalue weighted by atomic mass is 9.92. The summed E-state index contributed by atoms with van der Waals surface area (Å²) >= 11 is 0. The Balaban J connectivity index is 2.25. The Morgan fingerprint density at radius 1 is 1.25 bits per heavy atom. The van der Waals surface area contributed by atoms with Crippen LogP contribution in [0.3, 0.4) is 0 Å². The van der Waals surface area contributed by atoms with Crippen LogP contribution in [0.25, 0.3) is 0 Å². The molecule has 5 nitrogen and oxygen atoms in total. The highest BCUT2D eigenvalue weighted by Gasteiger charge is 2.44. The van der Waals surface area contributed by atoms with E-state index in [-0.39, 0.29) is 31.2 Å². The molecule has 0 radical (unpaired) electrons. The molecule has 2 rings (SSSR count). The molecule has 1 N–H and O–H groups in total. The lowest BCUT2D eigenvalue weighted by Crippen LogP contribution is -2.32. The maximum absolute atomic E-state index is 12.2. The zero-order chi connectivity index (χ0) is 14.9. The summed E-state index contributed by atoms with van der Waals surface area (Å²) in [7, 11) is 0. The van der Waals surface area contributed by atoms with E-state index in [1.807, 2.05) is 0 Å². The average Bonchev–Trinajstić information content (AvgIpc) is 2.53. The standard InChI is InChI=1S/C15H17NO4/c1-15(2)8-12(17)16(14(15)20)9-11-6-4-3-5-10(11)7-13(18)19/h3-6H,7-9H2,1-2H3,(H,18,19). The number of carbonyl (C=O) groups is 3. The van der Waals surface area contributed by atoms with Gasteiger partial charge in [0.05, 0.1) is 18.4 Å². The van der Waals surface area contributed by atoms with E-state index in [2.05, 4.69) is 0 Å². The lowest BCUT2D eigenvalue weighted by molar-refractivity contribution is -0.141. The molecule has 2 amide bonds. The van der Waals surface area contributed by atoms with E-state index < -0.39 is 11.4 Å². The van der Waals surface area contributed by atoms with Crippen molar-refractivity contribution in [3.05, 3.63) is 35.4 Å². The Morgan fingerprint density at radius 3 is 2.35 bits per heavy atom. The van der Waals surface area contributed by atoms with Gasteiger partial charge in [0.15, 0.2) is 0 Å². The van der Waals surface area contributed by atoms with Crippen LogP contribution < -0.4 is 0 Å². The van der Waals surface area contributed by atoms with Crippen molar-refractivity contribution in [2.24, 2.45) is 5.41 Å². The molecule has 106 valence electrons. The van der Waals surface area contributed by atoms with Crippen molar-refractivity contribution in [3.8, 4) is 0 Å². The second kappa shape index (κ2) is 5.07. The Kier molecular flexibility index (Phi) is 3.61. The molecular formula is C15H17NO4. The first kappa shape index (κ1) is 14.2. The summed E-state index contributed by atoms with van der Waals surface area (Å²) in [5.41, 5.74) is 0.665. The van der Waals surface area contributed by atoms with Crippen molar-refractivity contribution in [2.45, 2.75) is 33.2 Å². The Labute approximate surface area is 117 Å². The lowest BCUT2D eigenvalue weighted by Gasteiger charge is -2.19. The summed E-state index contributed by atoms with van der Waals surface area (Å²) in [5, 5.41) is 8.89. The van der Waals surface area contributed by atoms with Gasteiger partial charge in [-0.3, -0.25) is 19.3 Å². The van der Waals surface area contributed by atoms with Gasteiger partial charge in [-0.2, -0.15) is 0 Å². The van der Waals surface area contributed by atoms with Crippen molar-refractivity contribution < 1.29 is 19.5 Å². The Morgan fingerprint density at radius 2 is 1.85 bits per heavy atom. The highest BCUT2D eigenvalue weighted by atomic mass is 16.4. The quantitative estimate of drug-likeness (QED) is 0.847. The zero-order valence-corrected chi connectivity index (χ0v) is 11.5. The van der Waals surface area contributed by atoms with E-state index in [9.17, 15) is 14.4 Å². The number of carboxylic acids is 1. The van der Waals surface area contributed by atoms with Crippen molar-refractivity contribution in [1.29, 1.82) is 0 Å². The fraction of sp³-hybridized carbons (Fsp3) is 0.400.